The molecule has 0 saturated carbocycles. The van der Waals surface area contributed by atoms with Crippen molar-refractivity contribution in [3.63, 3.8) is 0 Å². The minimum atomic E-state index is 0.192. The number of rotatable bonds is 4. The molecule has 0 fully saturated rings. The Hall–Kier alpha value is -3.52. The Kier molecular flexibility index (Phi) is 3.91. The molecule has 2 aromatic carbocycles. The second kappa shape index (κ2) is 6.58. The van der Waals surface area contributed by atoms with Crippen LogP contribution in [0.5, 0.6) is 0 Å². The molecule has 4 N–H and O–H groups in total. The maximum absolute atomic E-state index is 5.94. The van der Waals surface area contributed by atoms with Crippen LogP contribution in [-0.4, -0.2) is 43.6 Å². The van der Waals surface area contributed by atoms with Gasteiger partial charge in [0.2, 0.25) is 11.9 Å². The monoisotopic (exact) mass is 372 g/mol. The third kappa shape index (κ3) is 2.93. The molecular formula is C20H20N8. The summed E-state index contributed by atoms with van der Waals surface area (Å²) in [4.78, 5) is 15.4. The SMILES string of the molecule is CN1Cc2ccccc2C1CNc1nc(N)nc(-c2ccc3cn[nH]c3c2)n1. The van der Waals surface area contributed by atoms with Crippen molar-refractivity contribution in [1.29, 1.82) is 0 Å². The molecule has 1 aliphatic rings. The number of benzene rings is 2. The summed E-state index contributed by atoms with van der Waals surface area (Å²) >= 11 is 0. The highest BCUT2D eigenvalue weighted by atomic mass is 15.2. The number of aromatic nitrogens is 5. The van der Waals surface area contributed by atoms with Crippen molar-refractivity contribution in [3.05, 3.63) is 59.8 Å². The van der Waals surface area contributed by atoms with Crippen LogP contribution in [0.25, 0.3) is 22.3 Å². The summed E-state index contributed by atoms with van der Waals surface area (Å²) in [5.74, 6) is 1.20. The Morgan fingerprint density at radius 1 is 1.18 bits per heavy atom. The highest BCUT2D eigenvalue weighted by molar-refractivity contribution is 5.82. The lowest BCUT2D eigenvalue weighted by Crippen LogP contribution is -2.24. The number of nitrogen functional groups attached to an aromatic ring is 1. The topological polar surface area (TPSA) is 109 Å². The number of nitrogens with two attached hydrogens (primary N) is 1. The van der Waals surface area contributed by atoms with Crippen molar-refractivity contribution in [3.8, 4) is 11.4 Å². The average Bonchev–Trinajstić information content (AvgIpc) is 3.28. The summed E-state index contributed by atoms with van der Waals surface area (Å²) in [7, 11) is 2.12. The summed E-state index contributed by atoms with van der Waals surface area (Å²) in [5.41, 5.74) is 10.4. The Morgan fingerprint density at radius 2 is 2.07 bits per heavy atom. The largest absolute Gasteiger partial charge is 0.368 e. The van der Waals surface area contributed by atoms with Crippen molar-refractivity contribution in [2.75, 3.05) is 24.6 Å². The van der Waals surface area contributed by atoms with E-state index < -0.39 is 0 Å². The molecule has 8 nitrogen and oxygen atoms in total. The van der Waals surface area contributed by atoms with Gasteiger partial charge in [-0.2, -0.15) is 20.1 Å². The molecule has 28 heavy (non-hydrogen) atoms. The first-order chi connectivity index (χ1) is 13.7. The quantitative estimate of drug-likeness (QED) is 0.505. The molecule has 0 bridgehead atoms. The molecule has 1 aliphatic heterocycles. The Bertz CT molecular complexity index is 1150. The number of fused-ring (bicyclic) bond motifs is 2. The zero-order valence-electron chi connectivity index (χ0n) is 15.4. The van der Waals surface area contributed by atoms with E-state index in [4.69, 9.17) is 5.73 Å². The molecule has 3 heterocycles. The lowest BCUT2D eigenvalue weighted by Gasteiger charge is -2.21. The molecular weight excluding hydrogens is 352 g/mol. The highest BCUT2D eigenvalue weighted by Crippen LogP contribution is 2.32. The minimum absolute atomic E-state index is 0.192. The molecule has 0 radical (unpaired) electrons. The molecule has 5 rings (SSSR count). The van der Waals surface area contributed by atoms with Gasteiger partial charge in [-0.25, -0.2) is 0 Å². The van der Waals surface area contributed by atoms with Crippen molar-refractivity contribution in [2.24, 2.45) is 0 Å². The fourth-order valence-electron chi connectivity index (χ4n) is 3.75. The highest BCUT2D eigenvalue weighted by Gasteiger charge is 2.26. The maximum Gasteiger partial charge on any atom is 0.228 e. The van der Waals surface area contributed by atoms with Gasteiger partial charge in [0.25, 0.3) is 0 Å². The number of likely N-dealkylation sites (N-methyl/N-ethyl adjacent to an activating group) is 1. The molecule has 0 amide bonds. The van der Waals surface area contributed by atoms with Gasteiger partial charge < -0.3 is 11.1 Å². The fraction of sp³-hybridized carbons (Fsp3) is 0.200. The van der Waals surface area contributed by atoms with E-state index in [1.54, 1.807) is 6.20 Å². The van der Waals surface area contributed by atoms with E-state index in [0.717, 1.165) is 23.0 Å². The van der Waals surface area contributed by atoms with Crippen LogP contribution in [-0.2, 0) is 6.54 Å². The Labute approximate surface area is 161 Å². The predicted molar refractivity (Wildman–Crippen MR) is 108 cm³/mol. The summed E-state index contributed by atoms with van der Waals surface area (Å²) < 4.78 is 0. The first-order valence-electron chi connectivity index (χ1n) is 9.14. The Morgan fingerprint density at radius 3 is 3.00 bits per heavy atom. The summed E-state index contributed by atoms with van der Waals surface area (Å²) in [5, 5.41) is 11.4. The molecule has 0 aliphatic carbocycles. The molecule has 0 spiro atoms. The number of hydrogen-bond acceptors (Lipinski definition) is 7. The summed E-state index contributed by atoms with van der Waals surface area (Å²) in [6.45, 7) is 1.63. The molecule has 2 aromatic heterocycles. The number of nitrogens with zero attached hydrogens (tertiary/aromatic N) is 5. The van der Waals surface area contributed by atoms with Crippen molar-refractivity contribution in [1.82, 2.24) is 30.0 Å². The van der Waals surface area contributed by atoms with Crippen LogP contribution < -0.4 is 11.1 Å². The second-order valence-corrected chi connectivity index (χ2v) is 7.02. The third-order valence-corrected chi connectivity index (χ3v) is 5.17. The smallest absolute Gasteiger partial charge is 0.228 e. The average molecular weight is 372 g/mol. The second-order valence-electron chi connectivity index (χ2n) is 7.02. The maximum atomic E-state index is 5.94. The van der Waals surface area contributed by atoms with Crippen LogP contribution in [0.1, 0.15) is 17.2 Å². The van der Waals surface area contributed by atoms with Gasteiger partial charge in [-0.3, -0.25) is 10.00 Å². The van der Waals surface area contributed by atoms with E-state index in [1.807, 2.05) is 18.2 Å². The van der Waals surface area contributed by atoms with Gasteiger partial charge in [-0.1, -0.05) is 36.4 Å². The van der Waals surface area contributed by atoms with Gasteiger partial charge in [0.15, 0.2) is 5.82 Å². The van der Waals surface area contributed by atoms with Crippen molar-refractivity contribution < 1.29 is 0 Å². The van der Waals surface area contributed by atoms with Crippen LogP contribution in [0.4, 0.5) is 11.9 Å². The van der Waals surface area contributed by atoms with Gasteiger partial charge in [0, 0.05) is 24.0 Å². The normalized spacial score (nSPS) is 16.4. The molecule has 1 atom stereocenters. The van der Waals surface area contributed by atoms with E-state index in [9.17, 15) is 0 Å². The first-order valence-corrected chi connectivity index (χ1v) is 9.14. The lowest BCUT2D eigenvalue weighted by atomic mass is 10.1. The van der Waals surface area contributed by atoms with E-state index in [2.05, 4.69) is 66.7 Å². The molecule has 1 unspecified atom stereocenters. The van der Waals surface area contributed by atoms with Gasteiger partial charge >= 0.3 is 0 Å². The van der Waals surface area contributed by atoms with Crippen LogP contribution in [0.2, 0.25) is 0 Å². The number of aromatic amines is 1. The number of nitrogens with one attached hydrogen (secondary N) is 2. The molecule has 140 valence electrons. The molecule has 8 heteroatoms. The standard InChI is InChI=1S/C20H20N8/c1-28-11-14-4-2-3-5-15(14)17(28)10-22-20-25-18(24-19(21)26-20)12-6-7-13-9-23-27-16(13)8-12/h2-9,17H,10-11H2,1H3,(H,23,27)(H3,21,22,24,25,26). The predicted octanol–water partition coefficient (Wildman–Crippen LogP) is 2.60. The molecule has 4 aromatic rings. The Balaban J connectivity index is 1.40. The summed E-state index contributed by atoms with van der Waals surface area (Å²) in [6.07, 6.45) is 1.78. The number of anilines is 2. The van der Waals surface area contributed by atoms with Crippen LogP contribution in [0.3, 0.4) is 0 Å². The van der Waals surface area contributed by atoms with Gasteiger partial charge in [-0.15, -0.1) is 0 Å². The lowest BCUT2D eigenvalue weighted by molar-refractivity contribution is 0.278. The van der Waals surface area contributed by atoms with Crippen LogP contribution in [0.15, 0.2) is 48.7 Å². The van der Waals surface area contributed by atoms with E-state index in [-0.39, 0.29) is 12.0 Å². The van der Waals surface area contributed by atoms with Crippen molar-refractivity contribution in [2.45, 2.75) is 12.6 Å². The first kappa shape index (κ1) is 16.6. The van der Waals surface area contributed by atoms with E-state index >= 15 is 0 Å². The fourth-order valence-corrected chi connectivity index (χ4v) is 3.75. The molecule has 0 saturated heterocycles. The van der Waals surface area contributed by atoms with Gasteiger partial charge in [0.05, 0.1) is 17.8 Å². The summed E-state index contributed by atoms with van der Waals surface area (Å²) in [6, 6.07) is 14.7. The van der Waals surface area contributed by atoms with Crippen molar-refractivity contribution >= 4 is 22.8 Å². The number of H-pyrrole nitrogens is 1. The van der Waals surface area contributed by atoms with E-state index in [1.165, 1.54) is 11.1 Å². The van der Waals surface area contributed by atoms with Crippen LogP contribution >= 0.6 is 0 Å². The van der Waals surface area contributed by atoms with Gasteiger partial charge in [0.1, 0.15) is 0 Å². The third-order valence-electron chi connectivity index (χ3n) is 5.17. The number of hydrogen-bond donors (Lipinski definition) is 3. The van der Waals surface area contributed by atoms with Crippen LogP contribution in [0, 0.1) is 0 Å². The zero-order chi connectivity index (χ0) is 19.1. The van der Waals surface area contributed by atoms with Gasteiger partial charge in [-0.05, 0) is 24.2 Å². The van der Waals surface area contributed by atoms with E-state index in [0.29, 0.717) is 18.3 Å². The minimum Gasteiger partial charge on any atom is -0.368 e. The zero-order valence-corrected chi connectivity index (χ0v) is 15.4.